The van der Waals surface area contributed by atoms with E-state index in [1.54, 1.807) is 6.08 Å². The summed E-state index contributed by atoms with van der Waals surface area (Å²) in [5.41, 5.74) is 1.85. The molecular formula is C14H18N2O3. The number of aliphatic hydroxyl groups is 1. The summed E-state index contributed by atoms with van der Waals surface area (Å²) in [7, 11) is 0. The van der Waals surface area contributed by atoms with Crippen molar-refractivity contribution in [3.63, 3.8) is 0 Å². The molecular weight excluding hydrogens is 244 g/mol. The van der Waals surface area contributed by atoms with Crippen molar-refractivity contribution < 1.29 is 15.0 Å². The molecule has 1 amide bonds. The highest BCUT2D eigenvalue weighted by Gasteiger charge is 2.22. The van der Waals surface area contributed by atoms with Crippen molar-refractivity contribution in [2.75, 3.05) is 13.2 Å². The van der Waals surface area contributed by atoms with Gasteiger partial charge in [-0.1, -0.05) is 30.3 Å². The number of hydrogen-bond donors (Lipinski definition) is 3. The van der Waals surface area contributed by atoms with Crippen LogP contribution < -0.4 is 5.32 Å². The predicted octanol–water partition coefficient (Wildman–Crippen LogP) is 1.40. The molecule has 1 aromatic rings. The Kier molecular flexibility index (Phi) is 4.54. The molecule has 0 aromatic heterocycles. The lowest BCUT2D eigenvalue weighted by Gasteiger charge is -2.33. The topological polar surface area (TPSA) is 72.8 Å². The molecule has 1 aliphatic rings. The van der Waals surface area contributed by atoms with E-state index in [4.69, 9.17) is 5.11 Å². The van der Waals surface area contributed by atoms with Crippen molar-refractivity contribution in [3.05, 3.63) is 47.7 Å². The molecule has 19 heavy (non-hydrogen) atoms. The molecule has 0 spiro atoms. The van der Waals surface area contributed by atoms with Gasteiger partial charge in [-0.25, -0.2) is 4.79 Å². The van der Waals surface area contributed by atoms with Crippen molar-refractivity contribution in [1.82, 2.24) is 10.2 Å². The zero-order valence-electron chi connectivity index (χ0n) is 10.6. The van der Waals surface area contributed by atoms with E-state index in [2.05, 4.69) is 10.2 Å². The second kappa shape index (κ2) is 6.36. The van der Waals surface area contributed by atoms with E-state index in [-0.39, 0.29) is 12.6 Å². The van der Waals surface area contributed by atoms with Crippen molar-refractivity contribution in [2.24, 2.45) is 0 Å². The monoisotopic (exact) mass is 262 g/mol. The van der Waals surface area contributed by atoms with Gasteiger partial charge in [-0.05, 0) is 11.6 Å². The van der Waals surface area contributed by atoms with E-state index in [9.17, 15) is 9.90 Å². The third-order valence-electron chi connectivity index (χ3n) is 3.21. The zero-order valence-corrected chi connectivity index (χ0v) is 10.6. The van der Waals surface area contributed by atoms with E-state index >= 15 is 0 Å². The first kappa shape index (κ1) is 13.6. The highest BCUT2D eigenvalue weighted by atomic mass is 16.4. The number of aliphatic hydroxyl groups excluding tert-OH is 1. The number of nitrogens with zero attached hydrogens (tertiary/aromatic N) is 1. The van der Waals surface area contributed by atoms with Crippen LogP contribution in [0.1, 0.15) is 12.0 Å². The number of nitrogens with one attached hydrogen (secondary N) is 1. The lowest BCUT2D eigenvalue weighted by atomic mass is 10.1. The molecule has 102 valence electrons. The Balaban J connectivity index is 2.03. The lowest BCUT2D eigenvalue weighted by molar-refractivity contribution is 0.136. The summed E-state index contributed by atoms with van der Waals surface area (Å²) in [5.74, 6) is 0. The standard InChI is InChI=1S/C14H18N2O3/c17-10-13-8-12(15-14(18)19)6-7-16(13)9-11-4-2-1-3-5-11/h1-5,8,13,15,17H,6-7,9-10H2,(H,18,19). The molecule has 0 saturated carbocycles. The van der Waals surface area contributed by atoms with Gasteiger partial charge in [-0.3, -0.25) is 10.2 Å². The van der Waals surface area contributed by atoms with Crippen LogP contribution in [0, 0.1) is 0 Å². The lowest BCUT2D eigenvalue weighted by Crippen LogP contribution is -2.42. The molecule has 1 aliphatic heterocycles. The summed E-state index contributed by atoms with van der Waals surface area (Å²) in [6.45, 7) is 1.47. The molecule has 5 nitrogen and oxygen atoms in total. The second-order valence-electron chi connectivity index (χ2n) is 4.58. The first-order valence-electron chi connectivity index (χ1n) is 6.28. The highest BCUT2D eigenvalue weighted by Crippen LogP contribution is 2.17. The fourth-order valence-corrected chi connectivity index (χ4v) is 2.27. The summed E-state index contributed by atoms with van der Waals surface area (Å²) < 4.78 is 0. The SMILES string of the molecule is O=C(O)NC1=CC(CO)N(Cc2ccccc2)CC1. The second-order valence-corrected chi connectivity index (χ2v) is 4.58. The maximum absolute atomic E-state index is 10.6. The number of rotatable bonds is 4. The van der Waals surface area contributed by atoms with Crippen LogP contribution in [-0.2, 0) is 6.54 Å². The molecule has 0 bridgehead atoms. The number of carboxylic acid groups (broad SMARTS) is 1. The van der Waals surface area contributed by atoms with E-state index in [0.29, 0.717) is 12.1 Å². The molecule has 0 fully saturated rings. The summed E-state index contributed by atoms with van der Waals surface area (Å²) in [6.07, 6.45) is 1.38. The van der Waals surface area contributed by atoms with Crippen LogP contribution >= 0.6 is 0 Å². The average Bonchev–Trinajstić information content (AvgIpc) is 2.41. The summed E-state index contributed by atoms with van der Waals surface area (Å²) in [4.78, 5) is 12.7. The van der Waals surface area contributed by atoms with Crippen LogP contribution in [0.4, 0.5) is 4.79 Å². The van der Waals surface area contributed by atoms with Gasteiger partial charge in [0.25, 0.3) is 0 Å². The van der Waals surface area contributed by atoms with Crippen LogP contribution in [0.2, 0.25) is 0 Å². The van der Waals surface area contributed by atoms with Crippen LogP contribution in [0.15, 0.2) is 42.1 Å². The molecule has 0 saturated heterocycles. The fraction of sp³-hybridized carbons (Fsp3) is 0.357. The maximum atomic E-state index is 10.6. The molecule has 1 heterocycles. The van der Waals surface area contributed by atoms with Gasteiger partial charge in [0.05, 0.1) is 12.6 Å². The van der Waals surface area contributed by atoms with Crippen molar-refractivity contribution >= 4 is 6.09 Å². The number of hydrogen-bond acceptors (Lipinski definition) is 3. The molecule has 1 atom stereocenters. The Labute approximate surface area is 112 Å². The van der Waals surface area contributed by atoms with E-state index in [1.165, 1.54) is 5.56 Å². The van der Waals surface area contributed by atoms with Crippen molar-refractivity contribution in [2.45, 2.75) is 19.0 Å². The summed E-state index contributed by atoms with van der Waals surface area (Å²) in [5, 5.41) is 20.5. The van der Waals surface area contributed by atoms with Gasteiger partial charge in [-0.2, -0.15) is 0 Å². The Morgan fingerprint density at radius 2 is 2.11 bits per heavy atom. The van der Waals surface area contributed by atoms with Gasteiger partial charge in [-0.15, -0.1) is 0 Å². The first-order chi connectivity index (χ1) is 9.19. The molecule has 0 radical (unpaired) electrons. The predicted molar refractivity (Wildman–Crippen MR) is 71.6 cm³/mol. The third kappa shape index (κ3) is 3.81. The van der Waals surface area contributed by atoms with Crippen LogP contribution in [0.25, 0.3) is 0 Å². The van der Waals surface area contributed by atoms with Gasteiger partial charge in [0.15, 0.2) is 0 Å². The molecule has 2 rings (SSSR count). The minimum Gasteiger partial charge on any atom is -0.465 e. The quantitative estimate of drug-likeness (QED) is 0.767. The summed E-state index contributed by atoms with van der Waals surface area (Å²) in [6, 6.07) is 9.89. The molecule has 0 aliphatic carbocycles. The molecule has 5 heteroatoms. The number of amides is 1. The molecule has 3 N–H and O–H groups in total. The zero-order chi connectivity index (χ0) is 13.7. The van der Waals surface area contributed by atoms with E-state index in [1.807, 2.05) is 30.3 Å². The van der Waals surface area contributed by atoms with Crippen LogP contribution in [-0.4, -0.2) is 40.4 Å². The Morgan fingerprint density at radius 1 is 1.37 bits per heavy atom. The first-order valence-corrected chi connectivity index (χ1v) is 6.28. The number of carbonyl (C=O) groups is 1. The Bertz CT molecular complexity index is 459. The van der Waals surface area contributed by atoms with Crippen LogP contribution in [0.5, 0.6) is 0 Å². The fourth-order valence-electron chi connectivity index (χ4n) is 2.27. The molecule has 1 unspecified atom stereocenters. The maximum Gasteiger partial charge on any atom is 0.408 e. The van der Waals surface area contributed by atoms with E-state index < -0.39 is 6.09 Å². The Morgan fingerprint density at radius 3 is 2.74 bits per heavy atom. The minimum absolute atomic E-state index is 0.0162. The van der Waals surface area contributed by atoms with E-state index in [0.717, 1.165) is 13.1 Å². The Hall–Kier alpha value is -1.85. The van der Waals surface area contributed by atoms with Gasteiger partial charge in [0.1, 0.15) is 0 Å². The van der Waals surface area contributed by atoms with Gasteiger partial charge in [0, 0.05) is 25.2 Å². The summed E-state index contributed by atoms with van der Waals surface area (Å²) >= 11 is 0. The number of benzene rings is 1. The minimum atomic E-state index is -1.06. The van der Waals surface area contributed by atoms with Crippen molar-refractivity contribution in [3.8, 4) is 0 Å². The highest BCUT2D eigenvalue weighted by molar-refractivity contribution is 5.67. The third-order valence-corrected chi connectivity index (χ3v) is 3.21. The van der Waals surface area contributed by atoms with Gasteiger partial charge >= 0.3 is 6.09 Å². The smallest absolute Gasteiger partial charge is 0.408 e. The average molecular weight is 262 g/mol. The normalized spacial score (nSPS) is 19.8. The van der Waals surface area contributed by atoms with Gasteiger partial charge < -0.3 is 10.2 Å². The van der Waals surface area contributed by atoms with Crippen molar-refractivity contribution in [1.29, 1.82) is 0 Å². The molecule has 1 aromatic carbocycles. The van der Waals surface area contributed by atoms with Gasteiger partial charge in [0.2, 0.25) is 0 Å². The van der Waals surface area contributed by atoms with Crippen LogP contribution in [0.3, 0.4) is 0 Å². The largest absolute Gasteiger partial charge is 0.465 e.